The van der Waals surface area contributed by atoms with Crippen molar-refractivity contribution in [2.75, 3.05) is 19.4 Å². The Bertz CT molecular complexity index is 139. The number of thiol groups is 1. The van der Waals surface area contributed by atoms with Crippen LogP contribution in [0, 0.1) is 5.41 Å². The Morgan fingerprint density at radius 3 is 2.18 bits per heavy atom. The standard InChI is InChI=1S/C7H17O2PS/c1-4-10(11)8-5-7(2,3)6-9-10/h10-11H,4-6H2,1-3H3. The van der Waals surface area contributed by atoms with E-state index in [9.17, 15) is 0 Å². The van der Waals surface area contributed by atoms with E-state index in [4.69, 9.17) is 9.05 Å². The summed E-state index contributed by atoms with van der Waals surface area (Å²) in [6.07, 6.45) is 0.923. The van der Waals surface area contributed by atoms with Crippen molar-refractivity contribution >= 4 is 19.2 Å². The second-order valence-corrected chi connectivity index (χ2v) is 8.56. The van der Waals surface area contributed by atoms with E-state index >= 15 is 0 Å². The fraction of sp³-hybridized carbons (Fsp3) is 1.00. The SMILES string of the molecule is CC[PH]1(S)OCC(C)(C)CO1. The van der Waals surface area contributed by atoms with E-state index in [0.29, 0.717) is 0 Å². The summed E-state index contributed by atoms with van der Waals surface area (Å²) in [5.74, 6) is 0. The molecule has 1 heterocycles. The summed E-state index contributed by atoms with van der Waals surface area (Å²) in [4.78, 5) is 0. The zero-order valence-corrected chi connectivity index (χ0v) is 9.28. The summed E-state index contributed by atoms with van der Waals surface area (Å²) in [6.45, 7) is 5.93. The van der Waals surface area contributed by atoms with Crippen LogP contribution >= 0.6 is 19.2 Å². The molecule has 0 radical (unpaired) electrons. The van der Waals surface area contributed by atoms with Crippen LogP contribution in [0.25, 0.3) is 0 Å². The molecular formula is C7H17O2PS. The van der Waals surface area contributed by atoms with Gasteiger partial charge in [0.05, 0.1) is 0 Å². The minimum atomic E-state index is -2.00. The van der Waals surface area contributed by atoms with Crippen molar-refractivity contribution in [2.45, 2.75) is 20.8 Å². The van der Waals surface area contributed by atoms with Gasteiger partial charge in [0, 0.05) is 0 Å². The first-order valence-corrected chi connectivity index (χ1v) is 7.29. The second-order valence-electron chi connectivity index (χ2n) is 3.81. The van der Waals surface area contributed by atoms with Crippen molar-refractivity contribution in [1.82, 2.24) is 0 Å². The molecule has 4 heteroatoms. The van der Waals surface area contributed by atoms with Crippen LogP contribution in [0.5, 0.6) is 0 Å². The first-order valence-electron chi connectivity index (χ1n) is 3.98. The van der Waals surface area contributed by atoms with Gasteiger partial charge in [0.2, 0.25) is 0 Å². The Labute approximate surface area is 74.3 Å². The number of rotatable bonds is 1. The summed E-state index contributed by atoms with van der Waals surface area (Å²) in [5, 5.41) is 0. The molecule has 1 fully saturated rings. The van der Waals surface area contributed by atoms with Gasteiger partial charge in [-0.3, -0.25) is 0 Å². The van der Waals surface area contributed by atoms with Gasteiger partial charge < -0.3 is 0 Å². The maximum absolute atomic E-state index is 5.61. The normalized spacial score (nSPS) is 31.3. The molecule has 68 valence electrons. The molecule has 0 aromatic carbocycles. The summed E-state index contributed by atoms with van der Waals surface area (Å²) in [5.41, 5.74) is 0.175. The van der Waals surface area contributed by atoms with Gasteiger partial charge in [0.15, 0.2) is 0 Å². The van der Waals surface area contributed by atoms with Crippen molar-refractivity contribution in [3.8, 4) is 0 Å². The Balaban J connectivity index is 2.48. The van der Waals surface area contributed by atoms with E-state index in [1.165, 1.54) is 0 Å². The van der Waals surface area contributed by atoms with Crippen molar-refractivity contribution < 1.29 is 9.05 Å². The van der Waals surface area contributed by atoms with Crippen molar-refractivity contribution in [3.63, 3.8) is 0 Å². The molecule has 1 aliphatic heterocycles. The average molecular weight is 196 g/mol. The van der Waals surface area contributed by atoms with Gasteiger partial charge in [-0.25, -0.2) is 0 Å². The zero-order chi connectivity index (χ0) is 8.54. The fourth-order valence-electron chi connectivity index (χ4n) is 0.904. The van der Waals surface area contributed by atoms with Gasteiger partial charge in [-0.05, 0) is 0 Å². The first-order chi connectivity index (χ1) is 4.97. The topological polar surface area (TPSA) is 18.5 Å². The van der Waals surface area contributed by atoms with E-state index in [0.717, 1.165) is 19.4 Å². The Morgan fingerprint density at radius 1 is 1.36 bits per heavy atom. The number of hydrogen-bond acceptors (Lipinski definition) is 3. The van der Waals surface area contributed by atoms with Crippen LogP contribution in [0.3, 0.4) is 0 Å². The Hall–Kier alpha value is 0.700. The second kappa shape index (κ2) is 3.21. The molecule has 0 aliphatic carbocycles. The molecule has 1 saturated heterocycles. The molecule has 0 unspecified atom stereocenters. The quantitative estimate of drug-likeness (QED) is 0.513. The molecule has 1 aliphatic rings. The van der Waals surface area contributed by atoms with Gasteiger partial charge in [-0.15, -0.1) is 0 Å². The molecule has 11 heavy (non-hydrogen) atoms. The average Bonchev–Trinajstić information content (AvgIpc) is 1.97. The van der Waals surface area contributed by atoms with Gasteiger partial charge in [-0.2, -0.15) is 0 Å². The third-order valence-electron chi connectivity index (χ3n) is 1.82. The predicted octanol–water partition coefficient (Wildman–Crippen LogP) is 2.50. The third kappa shape index (κ3) is 2.59. The van der Waals surface area contributed by atoms with E-state index < -0.39 is 6.92 Å². The van der Waals surface area contributed by atoms with Crippen LogP contribution in [-0.2, 0) is 9.05 Å². The molecule has 0 atom stereocenters. The van der Waals surface area contributed by atoms with Crippen molar-refractivity contribution in [2.24, 2.45) is 5.41 Å². The van der Waals surface area contributed by atoms with E-state index in [1.54, 1.807) is 0 Å². The third-order valence-corrected chi connectivity index (χ3v) is 5.63. The molecule has 0 spiro atoms. The van der Waals surface area contributed by atoms with Crippen LogP contribution in [0.2, 0.25) is 0 Å². The van der Waals surface area contributed by atoms with E-state index in [-0.39, 0.29) is 5.41 Å². The molecule has 0 saturated carbocycles. The predicted molar refractivity (Wildman–Crippen MR) is 53.5 cm³/mol. The molecule has 0 N–H and O–H groups in total. The summed E-state index contributed by atoms with van der Waals surface area (Å²) >= 11 is 4.42. The molecule has 2 nitrogen and oxygen atoms in total. The summed E-state index contributed by atoms with van der Waals surface area (Å²) in [7, 11) is 0. The molecule has 1 rings (SSSR count). The Kier molecular flexibility index (Phi) is 2.86. The van der Waals surface area contributed by atoms with Crippen LogP contribution in [-0.4, -0.2) is 19.4 Å². The monoisotopic (exact) mass is 196 g/mol. The minimum absolute atomic E-state index is 0.175. The van der Waals surface area contributed by atoms with Gasteiger partial charge >= 0.3 is 73.8 Å². The first kappa shape index (κ1) is 9.79. The van der Waals surface area contributed by atoms with Crippen LogP contribution < -0.4 is 0 Å². The maximum atomic E-state index is 5.61. The number of hydrogen-bond donors (Lipinski definition) is 1. The fourth-order valence-corrected chi connectivity index (χ4v) is 3.02. The van der Waals surface area contributed by atoms with Crippen LogP contribution in [0.1, 0.15) is 20.8 Å². The van der Waals surface area contributed by atoms with E-state index in [2.05, 4.69) is 33.0 Å². The summed E-state index contributed by atoms with van der Waals surface area (Å²) in [6, 6.07) is 0. The Morgan fingerprint density at radius 2 is 1.82 bits per heavy atom. The molecule has 0 aromatic heterocycles. The molecule has 0 amide bonds. The van der Waals surface area contributed by atoms with Crippen LogP contribution in [0.15, 0.2) is 0 Å². The molecule has 0 bridgehead atoms. The zero-order valence-electron chi connectivity index (χ0n) is 7.39. The molecular weight excluding hydrogens is 179 g/mol. The molecule has 0 aromatic rings. The van der Waals surface area contributed by atoms with Crippen molar-refractivity contribution in [3.05, 3.63) is 0 Å². The summed E-state index contributed by atoms with van der Waals surface area (Å²) < 4.78 is 11.2. The van der Waals surface area contributed by atoms with Gasteiger partial charge in [0.1, 0.15) is 0 Å². The van der Waals surface area contributed by atoms with Crippen LogP contribution in [0.4, 0.5) is 0 Å². The van der Waals surface area contributed by atoms with E-state index in [1.807, 2.05) is 0 Å². The van der Waals surface area contributed by atoms with Gasteiger partial charge in [-0.1, -0.05) is 0 Å². The van der Waals surface area contributed by atoms with Crippen molar-refractivity contribution in [1.29, 1.82) is 0 Å². The van der Waals surface area contributed by atoms with Gasteiger partial charge in [0.25, 0.3) is 0 Å².